The fourth-order valence-corrected chi connectivity index (χ4v) is 0.970. The molecule has 0 saturated carbocycles. The van der Waals surface area contributed by atoms with Crippen molar-refractivity contribution in [1.82, 2.24) is 0 Å². The van der Waals surface area contributed by atoms with E-state index in [1.807, 2.05) is 0 Å². The Morgan fingerprint density at radius 3 is 2.60 bits per heavy atom. The number of esters is 1. The number of alkyl halides is 2. The van der Waals surface area contributed by atoms with E-state index in [2.05, 4.69) is 9.47 Å². The van der Waals surface area contributed by atoms with Crippen LogP contribution in [0.3, 0.4) is 0 Å². The van der Waals surface area contributed by atoms with Gasteiger partial charge in [0.2, 0.25) is 0 Å². The molecule has 0 aliphatic heterocycles. The van der Waals surface area contributed by atoms with Crippen LogP contribution >= 0.6 is 0 Å². The summed E-state index contributed by atoms with van der Waals surface area (Å²) in [6, 6.07) is 2.61. The third-order valence-electron chi connectivity index (χ3n) is 1.56. The maximum atomic E-state index is 12.7. The molecule has 1 rings (SSSR count). The van der Waals surface area contributed by atoms with E-state index in [1.54, 1.807) is 0 Å². The average Bonchev–Trinajstić information content (AvgIpc) is 2.19. The number of benzene rings is 1. The summed E-state index contributed by atoms with van der Waals surface area (Å²) in [4.78, 5) is 11.1. The van der Waals surface area contributed by atoms with Crippen molar-refractivity contribution in [3.63, 3.8) is 0 Å². The number of hydrogen-bond donors (Lipinski definition) is 0. The molecule has 0 radical (unpaired) electrons. The van der Waals surface area contributed by atoms with Crippen LogP contribution in [-0.2, 0) is 4.74 Å². The number of methoxy groups -OCH3 is 1. The molecule has 0 N–H and O–H groups in total. The Hall–Kier alpha value is -1.72. The summed E-state index contributed by atoms with van der Waals surface area (Å²) in [6.07, 6.45) is 0. The minimum Gasteiger partial charge on any atom is -0.465 e. The Balaban J connectivity index is 3.08. The van der Waals surface area contributed by atoms with Crippen LogP contribution in [0.15, 0.2) is 18.2 Å². The number of hydrogen-bond acceptors (Lipinski definition) is 3. The van der Waals surface area contributed by atoms with Crippen molar-refractivity contribution in [3.8, 4) is 5.75 Å². The molecule has 0 saturated heterocycles. The first kappa shape index (κ1) is 11.4. The Bertz CT molecular complexity index is 366. The second kappa shape index (κ2) is 4.68. The number of rotatable bonds is 3. The molecule has 15 heavy (non-hydrogen) atoms. The summed E-state index contributed by atoms with van der Waals surface area (Å²) in [6.45, 7) is -3.08. The summed E-state index contributed by atoms with van der Waals surface area (Å²) in [7, 11) is 1.05. The lowest BCUT2D eigenvalue weighted by Gasteiger charge is -2.08. The molecule has 3 nitrogen and oxygen atoms in total. The standard InChI is InChI=1S/C9H7F3O3/c1-14-8(13)6-4-5(10)2-3-7(6)15-9(11)12/h2-4,9H,1H3. The molecule has 0 aliphatic carbocycles. The fourth-order valence-electron chi connectivity index (χ4n) is 0.970. The molecule has 1 aromatic carbocycles. The van der Waals surface area contributed by atoms with Crippen molar-refractivity contribution in [2.45, 2.75) is 6.61 Å². The summed E-state index contributed by atoms with van der Waals surface area (Å²) in [5.74, 6) is -2.10. The molecule has 0 unspecified atom stereocenters. The first-order chi connectivity index (χ1) is 7.04. The van der Waals surface area contributed by atoms with Gasteiger partial charge >= 0.3 is 12.6 Å². The second-order valence-corrected chi connectivity index (χ2v) is 2.51. The van der Waals surface area contributed by atoms with E-state index in [0.29, 0.717) is 0 Å². The molecule has 6 heteroatoms. The van der Waals surface area contributed by atoms with Gasteiger partial charge in [0.05, 0.1) is 7.11 Å². The minimum atomic E-state index is -3.08. The van der Waals surface area contributed by atoms with E-state index in [0.717, 1.165) is 25.3 Å². The van der Waals surface area contributed by atoms with Gasteiger partial charge in [-0.1, -0.05) is 0 Å². The number of carbonyl (C=O) groups excluding carboxylic acids is 1. The molecule has 0 bridgehead atoms. The van der Waals surface area contributed by atoms with E-state index in [9.17, 15) is 18.0 Å². The molecule has 0 heterocycles. The second-order valence-electron chi connectivity index (χ2n) is 2.51. The largest absolute Gasteiger partial charge is 0.465 e. The van der Waals surface area contributed by atoms with Crippen molar-refractivity contribution in [2.24, 2.45) is 0 Å². The van der Waals surface area contributed by atoms with Gasteiger partial charge in [-0.15, -0.1) is 0 Å². The van der Waals surface area contributed by atoms with Gasteiger partial charge in [0.1, 0.15) is 17.1 Å². The van der Waals surface area contributed by atoms with E-state index in [-0.39, 0.29) is 5.56 Å². The van der Waals surface area contributed by atoms with Crippen molar-refractivity contribution >= 4 is 5.97 Å². The molecular formula is C9H7F3O3. The van der Waals surface area contributed by atoms with Crippen LogP contribution in [0.25, 0.3) is 0 Å². The van der Waals surface area contributed by atoms with E-state index >= 15 is 0 Å². The Labute approximate surface area is 83.4 Å². The summed E-state index contributed by atoms with van der Waals surface area (Å²) in [5, 5.41) is 0. The highest BCUT2D eigenvalue weighted by Gasteiger charge is 2.16. The Morgan fingerprint density at radius 2 is 2.07 bits per heavy atom. The van der Waals surface area contributed by atoms with Crippen LogP contribution in [-0.4, -0.2) is 19.7 Å². The van der Waals surface area contributed by atoms with E-state index in [1.165, 1.54) is 0 Å². The van der Waals surface area contributed by atoms with Crippen molar-refractivity contribution < 1.29 is 27.4 Å². The fraction of sp³-hybridized carbons (Fsp3) is 0.222. The highest BCUT2D eigenvalue weighted by atomic mass is 19.3. The molecule has 0 aliphatic rings. The van der Waals surface area contributed by atoms with Crippen LogP contribution in [0, 0.1) is 5.82 Å². The summed E-state index contributed by atoms with van der Waals surface area (Å²) >= 11 is 0. The number of carbonyl (C=O) groups is 1. The third-order valence-corrected chi connectivity index (χ3v) is 1.56. The molecule has 0 aromatic heterocycles. The van der Waals surface area contributed by atoms with Gasteiger partial charge < -0.3 is 9.47 Å². The van der Waals surface area contributed by atoms with Crippen LogP contribution in [0.2, 0.25) is 0 Å². The number of ether oxygens (including phenoxy) is 2. The zero-order chi connectivity index (χ0) is 11.4. The number of halogens is 3. The molecular weight excluding hydrogens is 213 g/mol. The zero-order valence-electron chi connectivity index (χ0n) is 7.67. The van der Waals surface area contributed by atoms with Gasteiger partial charge in [-0.3, -0.25) is 0 Å². The molecule has 0 spiro atoms. The van der Waals surface area contributed by atoms with Crippen molar-refractivity contribution in [3.05, 3.63) is 29.6 Å². The first-order valence-electron chi connectivity index (χ1n) is 3.87. The summed E-state index contributed by atoms with van der Waals surface area (Å²) in [5.41, 5.74) is -0.377. The Morgan fingerprint density at radius 1 is 1.40 bits per heavy atom. The molecule has 0 atom stereocenters. The van der Waals surface area contributed by atoms with Crippen molar-refractivity contribution in [1.29, 1.82) is 0 Å². The van der Waals surface area contributed by atoms with Crippen molar-refractivity contribution in [2.75, 3.05) is 7.11 Å². The molecule has 0 fully saturated rings. The molecule has 1 aromatic rings. The molecule has 0 amide bonds. The van der Waals surface area contributed by atoms with Gasteiger partial charge in [-0.2, -0.15) is 8.78 Å². The van der Waals surface area contributed by atoms with Gasteiger partial charge in [0.25, 0.3) is 0 Å². The predicted octanol–water partition coefficient (Wildman–Crippen LogP) is 2.21. The first-order valence-corrected chi connectivity index (χ1v) is 3.87. The summed E-state index contributed by atoms with van der Waals surface area (Å²) < 4.78 is 44.8. The third kappa shape index (κ3) is 2.87. The van der Waals surface area contributed by atoms with Gasteiger partial charge in [-0.25, -0.2) is 9.18 Å². The SMILES string of the molecule is COC(=O)c1cc(F)ccc1OC(F)F. The average molecular weight is 220 g/mol. The highest BCUT2D eigenvalue weighted by Crippen LogP contribution is 2.22. The lowest BCUT2D eigenvalue weighted by atomic mass is 10.2. The smallest absolute Gasteiger partial charge is 0.387 e. The maximum Gasteiger partial charge on any atom is 0.387 e. The quantitative estimate of drug-likeness (QED) is 0.732. The normalized spacial score (nSPS) is 10.2. The zero-order valence-corrected chi connectivity index (χ0v) is 7.67. The predicted molar refractivity (Wildman–Crippen MR) is 44.4 cm³/mol. The monoisotopic (exact) mass is 220 g/mol. The minimum absolute atomic E-state index is 0.377. The van der Waals surface area contributed by atoms with Gasteiger partial charge in [-0.05, 0) is 18.2 Å². The molecule has 82 valence electrons. The van der Waals surface area contributed by atoms with E-state index in [4.69, 9.17) is 0 Å². The van der Waals surface area contributed by atoms with Gasteiger partial charge in [0, 0.05) is 0 Å². The van der Waals surface area contributed by atoms with Gasteiger partial charge in [0.15, 0.2) is 0 Å². The topological polar surface area (TPSA) is 35.5 Å². The van der Waals surface area contributed by atoms with Crippen LogP contribution in [0.4, 0.5) is 13.2 Å². The highest BCUT2D eigenvalue weighted by molar-refractivity contribution is 5.92. The lowest BCUT2D eigenvalue weighted by molar-refractivity contribution is -0.0504. The maximum absolute atomic E-state index is 12.7. The van der Waals surface area contributed by atoms with Crippen LogP contribution < -0.4 is 4.74 Å². The lowest BCUT2D eigenvalue weighted by Crippen LogP contribution is -2.09. The van der Waals surface area contributed by atoms with Crippen LogP contribution in [0.5, 0.6) is 5.75 Å². The Kier molecular flexibility index (Phi) is 3.54. The van der Waals surface area contributed by atoms with E-state index < -0.39 is 24.1 Å². The van der Waals surface area contributed by atoms with Crippen LogP contribution in [0.1, 0.15) is 10.4 Å².